The van der Waals surface area contributed by atoms with Crippen LogP contribution in [0, 0.1) is 5.82 Å². The Kier molecular flexibility index (Phi) is 5.89. The Morgan fingerprint density at radius 3 is 2.38 bits per heavy atom. The fourth-order valence-electron chi connectivity index (χ4n) is 3.40. The van der Waals surface area contributed by atoms with Gasteiger partial charge >= 0.3 is 0 Å². The van der Waals surface area contributed by atoms with Crippen LogP contribution in [0.1, 0.15) is 5.56 Å². The van der Waals surface area contributed by atoms with Gasteiger partial charge in [-0.3, -0.25) is 0 Å². The molecule has 2 heterocycles. The molecule has 0 spiro atoms. The van der Waals surface area contributed by atoms with Gasteiger partial charge in [-0.05, 0) is 54.1 Å². The summed E-state index contributed by atoms with van der Waals surface area (Å²) in [6.07, 6.45) is 0. The normalized spacial score (nSPS) is 13.0. The number of hydrogen-bond acceptors (Lipinski definition) is 7. The fourth-order valence-corrected chi connectivity index (χ4v) is 4.82. The summed E-state index contributed by atoms with van der Waals surface area (Å²) in [5.74, 6) is 0.519. The van der Waals surface area contributed by atoms with Crippen molar-refractivity contribution in [1.29, 1.82) is 0 Å². The van der Waals surface area contributed by atoms with Crippen LogP contribution < -0.4 is 14.8 Å². The zero-order valence-corrected chi connectivity index (χ0v) is 19.2. The van der Waals surface area contributed by atoms with E-state index in [1.165, 1.54) is 24.3 Å². The number of oxazole rings is 1. The highest BCUT2D eigenvalue weighted by atomic mass is 35.5. The second-order valence-corrected chi connectivity index (χ2v) is 9.75. The molecule has 1 aromatic heterocycles. The third-order valence-electron chi connectivity index (χ3n) is 5.13. The molecule has 1 N–H and O–H groups in total. The zero-order valence-electron chi connectivity index (χ0n) is 17.6. The van der Waals surface area contributed by atoms with E-state index < -0.39 is 9.84 Å². The largest absolute Gasteiger partial charge is 0.486 e. The minimum Gasteiger partial charge on any atom is -0.486 e. The fraction of sp³-hybridized carbons (Fsp3) is 0.125. The van der Waals surface area contributed by atoms with Crippen LogP contribution in [0.25, 0.3) is 11.5 Å². The highest BCUT2D eigenvalue weighted by molar-refractivity contribution is 7.91. The second kappa shape index (κ2) is 9.00. The smallest absolute Gasteiger partial charge is 0.234 e. The second-order valence-electron chi connectivity index (χ2n) is 7.45. The zero-order chi connectivity index (χ0) is 23.7. The Morgan fingerprint density at radius 1 is 0.941 bits per heavy atom. The van der Waals surface area contributed by atoms with Gasteiger partial charge in [-0.2, -0.15) is 4.98 Å². The van der Waals surface area contributed by atoms with Crippen molar-refractivity contribution in [2.75, 3.05) is 18.5 Å². The van der Waals surface area contributed by atoms with Crippen LogP contribution in [0.3, 0.4) is 0 Å². The molecule has 1 aliphatic rings. The quantitative estimate of drug-likeness (QED) is 0.381. The first-order chi connectivity index (χ1) is 16.4. The first-order valence-corrected chi connectivity index (χ1v) is 12.2. The standard InChI is InChI=1S/C24H18ClFN2O5S/c25-17-5-3-16(4-6-17)22-28-24(23(33-22)27-14-15-1-7-18(26)8-2-15)34(29,30)19-9-10-20-21(13-19)32-12-11-31-20/h1-10,13,27H,11-12,14H2. The van der Waals surface area contributed by atoms with E-state index in [9.17, 15) is 12.8 Å². The molecule has 0 saturated heterocycles. The number of fused-ring (bicyclic) bond motifs is 1. The van der Waals surface area contributed by atoms with Crippen LogP contribution in [0.15, 0.2) is 81.1 Å². The summed E-state index contributed by atoms with van der Waals surface area (Å²) in [6.45, 7) is 0.912. The minimum absolute atomic E-state index is 0.0162. The summed E-state index contributed by atoms with van der Waals surface area (Å²) in [5.41, 5.74) is 1.28. The van der Waals surface area contributed by atoms with Crippen LogP contribution in [0.5, 0.6) is 11.5 Å². The van der Waals surface area contributed by atoms with Crippen molar-refractivity contribution in [2.45, 2.75) is 16.5 Å². The summed E-state index contributed by atoms with van der Waals surface area (Å²) < 4.78 is 57.2. The topological polar surface area (TPSA) is 90.7 Å². The van der Waals surface area contributed by atoms with Crippen molar-refractivity contribution in [1.82, 2.24) is 4.98 Å². The molecule has 1 aliphatic heterocycles. The van der Waals surface area contributed by atoms with Gasteiger partial charge in [0.1, 0.15) is 19.0 Å². The Hall–Kier alpha value is -3.56. The van der Waals surface area contributed by atoms with E-state index in [0.717, 1.165) is 5.56 Å². The van der Waals surface area contributed by atoms with Crippen LogP contribution >= 0.6 is 11.6 Å². The van der Waals surface area contributed by atoms with E-state index in [2.05, 4.69) is 10.3 Å². The molecule has 10 heteroatoms. The molecular weight excluding hydrogens is 483 g/mol. The number of rotatable bonds is 6. The third-order valence-corrected chi connectivity index (χ3v) is 7.04. The maximum absolute atomic E-state index is 13.6. The first-order valence-electron chi connectivity index (χ1n) is 10.3. The molecule has 5 rings (SSSR count). The lowest BCUT2D eigenvalue weighted by molar-refractivity contribution is 0.171. The molecule has 0 fully saturated rings. The van der Waals surface area contributed by atoms with E-state index in [1.54, 1.807) is 42.5 Å². The number of ether oxygens (including phenoxy) is 2. The van der Waals surface area contributed by atoms with Crippen molar-refractivity contribution < 1.29 is 26.7 Å². The van der Waals surface area contributed by atoms with E-state index in [4.69, 9.17) is 25.5 Å². The number of aromatic nitrogens is 1. The van der Waals surface area contributed by atoms with Crippen LogP contribution in [-0.4, -0.2) is 26.6 Å². The number of halogens is 2. The van der Waals surface area contributed by atoms with Crippen LogP contribution in [0.4, 0.5) is 10.3 Å². The van der Waals surface area contributed by atoms with Gasteiger partial charge in [0.2, 0.25) is 26.6 Å². The first kappa shape index (κ1) is 22.2. The lowest BCUT2D eigenvalue weighted by Crippen LogP contribution is -2.16. The lowest BCUT2D eigenvalue weighted by Gasteiger charge is -2.18. The molecule has 3 aromatic carbocycles. The van der Waals surface area contributed by atoms with Gasteiger partial charge in [-0.1, -0.05) is 23.7 Å². The molecule has 0 bridgehead atoms. The van der Waals surface area contributed by atoms with E-state index in [1.807, 2.05) is 0 Å². The number of sulfone groups is 1. The maximum Gasteiger partial charge on any atom is 0.234 e. The highest BCUT2D eigenvalue weighted by Gasteiger charge is 2.30. The van der Waals surface area contributed by atoms with Crippen LogP contribution in [0.2, 0.25) is 5.02 Å². The number of anilines is 1. The van der Waals surface area contributed by atoms with Gasteiger partial charge in [-0.15, -0.1) is 0 Å². The molecule has 34 heavy (non-hydrogen) atoms. The summed E-state index contributed by atoms with van der Waals surface area (Å²) in [6, 6.07) is 16.9. The van der Waals surface area contributed by atoms with Crippen molar-refractivity contribution >= 4 is 27.3 Å². The van der Waals surface area contributed by atoms with Crippen molar-refractivity contribution in [2.24, 2.45) is 0 Å². The van der Waals surface area contributed by atoms with Gasteiger partial charge in [0.25, 0.3) is 0 Å². The average molecular weight is 501 g/mol. The van der Waals surface area contributed by atoms with Gasteiger partial charge in [0, 0.05) is 23.2 Å². The van der Waals surface area contributed by atoms with E-state index in [-0.39, 0.29) is 34.1 Å². The SMILES string of the molecule is O=S(=O)(c1ccc2c(c1)OCCO2)c1nc(-c2ccc(Cl)cc2)oc1NCc1ccc(F)cc1. The molecule has 0 amide bonds. The molecular formula is C24H18ClFN2O5S. The maximum atomic E-state index is 13.6. The van der Waals surface area contributed by atoms with Gasteiger partial charge in [0.05, 0.1) is 4.90 Å². The molecule has 4 aromatic rings. The van der Waals surface area contributed by atoms with Gasteiger partial charge in [-0.25, -0.2) is 12.8 Å². The Morgan fingerprint density at radius 2 is 1.65 bits per heavy atom. The monoisotopic (exact) mass is 500 g/mol. The number of nitrogens with zero attached hydrogens (tertiary/aromatic N) is 1. The average Bonchev–Trinajstić information content (AvgIpc) is 3.29. The molecule has 7 nitrogen and oxygen atoms in total. The highest BCUT2D eigenvalue weighted by Crippen LogP contribution is 2.37. The third kappa shape index (κ3) is 4.44. The molecule has 0 aliphatic carbocycles. The molecule has 174 valence electrons. The van der Waals surface area contributed by atoms with Gasteiger partial charge in [0.15, 0.2) is 11.5 Å². The van der Waals surface area contributed by atoms with Crippen LogP contribution in [-0.2, 0) is 16.4 Å². The number of nitrogens with one attached hydrogen (secondary N) is 1. The van der Waals surface area contributed by atoms with Crippen molar-refractivity contribution in [3.63, 3.8) is 0 Å². The minimum atomic E-state index is -4.10. The lowest BCUT2D eigenvalue weighted by atomic mass is 10.2. The predicted octanol–water partition coefficient (Wildman–Crippen LogP) is 5.35. The summed E-state index contributed by atoms with van der Waals surface area (Å²) >= 11 is 5.97. The Labute approximate surface area is 200 Å². The molecule has 0 atom stereocenters. The Bertz CT molecular complexity index is 1440. The molecule has 0 saturated carbocycles. The van der Waals surface area contributed by atoms with Crippen molar-refractivity contribution in [3.8, 4) is 23.0 Å². The number of hydrogen-bond donors (Lipinski definition) is 1. The molecule has 0 unspecified atom stereocenters. The van der Waals surface area contributed by atoms with E-state index in [0.29, 0.717) is 35.3 Å². The number of benzene rings is 3. The molecule has 0 radical (unpaired) electrons. The van der Waals surface area contributed by atoms with Gasteiger partial charge < -0.3 is 19.2 Å². The summed E-state index contributed by atoms with van der Waals surface area (Å²) in [7, 11) is -4.10. The predicted molar refractivity (Wildman–Crippen MR) is 124 cm³/mol. The van der Waals surface area contributed by atoms with E-state index >= 15 is 0 Å². The summed E-state index contributed by atoms with van der Waals surface area (Å²) in [4.78, 5) is 4.29. The Balaban J connectivity index is 1.54. The van der Waals surface area contributed by atoms with Crippen molar-refractivity contribution in [3.05, 3.63) is 83.1 Å². The summed E-state index contributed by atoms with van der Waals surface area (Å²) in [5, 5.41) is 3.22.